The molecule has 1 unspecified atom stereocenters. The molecule has 20 heavy (non-hydrogen) atoms. The van der Waals surface area contributed by atoms with Crippen molar-refractivity contribution < 1.29 is 14.0 Å². The van der Waals surface area contributed by atoms with Gasteiger partial charge in [-0.05, 0) is 30.0 Å². The zero-order valence-electron chi connectivity index (χ0n) is 11.7. The van der Waals surface area contributed by atoms with Crippen molar-refractivity contribution in [2.45, 2.75) is 32.9 Å². The molecule has 1 saturated heterocycles. The average molecular weight is 278 g/mol. The van der Waals surface area contributed by atoms with E-state index in [4.69, 9.17) is 0 Å². The minimum atomic E-state index is -0.448. The molecule has 1 atom stereocenters. The number of halogens is 1. The number of rotatable bonds is 4. The Morgan fingerprint density at radius 1 is 1.30 bits per heavy atom. The quantitative estimate of drug-likeness (QED) is 0.911. The number of carbonyl (C=O) groups excluding carboxylic acids is 2. The number of benzene rings is 1. The van der Waals surface area contributed by atoms with Crippen molar-refractivity contribution in [2.24, 2.45) is 5.92 Å². The summed E-state index contributed by atoms with van der Waals surface area (Å²) in [7, 11) is 0. The first kappa shape index (κ1) is 14.5. The summed E-state index contributed by atoms with van der Waals surface area (Å²) in [5.41, 5.74) is 0.817. The summed E-state index contributed by atoms with van der Waals surface area (Å²) >= 11 is 0. The predicted molar refractivity (Wildman–Crippen MR) is 73.2 cm³/mol. The second-order valence-electron chi connectivity index (χ2n) is 5.57. The van der Waals surface area contributed by atoms with E-state index in [2.05, 4.69) is 5.32 Å². The van der Waals surface area contributed by atoms with Crippen molar-refractivity contribution in [3.05, 3.63) is 35.6 Å². The molecule has 1 aromatic carbocycles. The van der Waals surface area contributed by atoms with Crippen LogP contribution in [0.3, 0.4) is 0 Å². The van der Waals surface area contributed by atoms with E-state index in [1.807, 2.05) is 13.8 Å². The normalized spacial score (nSPS) is 19.4. The van der Waals surface area contributed by atoms with E-state index in [1.54, 1.807) is 12.1 Å². The topological polar surface area (TPSA) is 49.4 Å². The highest BCUT2D eigenvalue weighted by Crippen LogP contribution is 2.14. The molecule has 108 valence electrons. The van der Waals surface area contributed by atoms with Crippen molar-refractivity contribution in [2.75, 3.05) is 6.54 Å². The van der Waals surface area contributed by atoms with Gasteiger partial charge in [0.25, 0.3) is 0 Å². The van der Waals surface area contributed by atoms with E-state index in [9.17, 15) is 14.0 Å². The number of piperazine rings is 1. The second kappa shape index (κ2) is 6.03. The van der Waals surface area contributed by atoms with Crippen molar-refractivity contribution >= 4 is 11.8 Å². The fraction of sp³-hybridized carbons (Fsp3) is 0.467. The summed E-state index contributed by atoms with van der Waals surface area (Å²) < 4.78 is 12.9. The zero-order chi connectivity index (χ0) is 14.7. The average Bonchev–Trinajstić information content (AvgIpc) is 2.37. The van der Waals surface area contributed by atoms with Gasteiger partial charge in [0.2, 0.25) is 11.8 Å². The second-order valence-corrected chi connectivity index (χ2v) is 5.57. The summed E-state index contributed by atoms with van der Waals surface area (Å²) in [6.07, 6.45) is 0.629. The standard InChI is InChI=1S/C15H19FN2O2/c1-10(2)7-13-15(20)18(9-14(19)17-13)8-11-3-5-12(16)6-4-11/h3-6,10,13H,7-9H2,1-2H3,(H,17,19). The number of carbonyl (C=O) groups is 2. The third kappa shape index (κ3) is 3.56. The SMILES string of the molecule is CC(C)CC1NC(=O)CN(Cc2ccc(F)cc2)C1=O. The third-order valence-electron chi connectivity index (χ3n) is 3.27. The first-order valence-corrected chi connectivity index (χ1v) is 6.78. The summed E-state index contributed by atoms with van der Waals surface area (Å²) in [5, 5.41) is 2.73. The highest BCUT2D eigenvalue weighted by molar-refractivity contribution is 5.94. The Hall–Kier alpha value is -1.91. The van der Waals surface area contributed by atoms with Crippen LogP contribution < -0.4 is 5.32 Å². The van der Waals surface area contributed by atoms with E-state index in [1.165, 1.54) is 17.0 Å². The number of nitrogens with one attached hydrogen (secondary N) is 1. The molecule has 0 aliphatic carbocycles. The molecule has 2 amide bonds. The van der Waals surface area contributed by atoms with Gasteiger partial charge in [-0.3, -0.25) is 9.59 Å². The van der Waals surface area contributed by atoms with Crippen LogP contribution in [0.25, 0.3) is 0 Å². The summed E-state index contributed by atoms with van der Waals surface area (Å²) in [6, 6.07) is 5.53. The van der Waals surface area contributed by atoms with Crippen LogP contribution in [-0.4, -0.2) is 29.3 Å². The largest absolute Gasteiger partial charge is 0.343 e. The fourth-order valence-electron chi connectivity index (χ4n) is 2.35. The highest BCUT2D eigenvalue weighted by atomic mass is 19.1. The van der Waals surface area contributed by atoms with Gasteiger partial charge >= 0.3 is 0 Å². The van der Waals surface area contributed by atoms with Gasteiger partial charge in [0.05, 0.1) is 6.54 Å². The van der Waals surface area contributed by atoms with Crippen LogP contribution in [0.5, 0.6) is 0 Å². The molecule has 5 heteroatoms. The molecule has 1 heterocycles. The first-order chi connectivity index (χ1) is 9.45. The molecule has 0 radical (unpaired) electrons. The smallest absolute Gasteiger partial charge is 0.245 e. The molecule has 1 aromatic rings. The van der Waals surface area contributed by atoms with Gasteiger partial charge in [0, 0.05) is 6.54 Å². The highest BCUT2D eigenvalue weighted by Gasteiger charge is 2.32. The van der Waals surface area contributed by atoms with Crippen LogP contribution in [0.2, 0.25) is 0 Å². The lowest BCUT2D eigenvalue weighted by Crippen LogP contribution is -2.57. The molecule has 0 spiro atoms. The molecule has 0 aromatic heterocycles. The minimum Gasteiger partial charge on any atom is -0.343 e. The molecule has 1 N–H and O–H groups in total. The molecule has 0 saturated carbocycles. The number of nitrogens with zero attached hydrogens (tertiary/aromatic N) is 1. The van der Waals surface area contributed by atoms with Crippen molar-refractivity contribution in [1.82, 2.24) is 10.2 Å². The molecular weight excluding hydrogens is 259 g/mol. The van der Waals surface area contributed by atoms with Crippen LogP contribution in [0, 0.1) is 11.7 Å². The molecule has 4 nitrogen and oxygen atoms in total. The number of hydrogen-bond acceptors (Lipinski definition) is 2. The fourth-order valence-corrected chi connectivity index (χ4v) is 2.35. The van der Waals surface area contributed by atoms with Crippen LogP contribution in [-0.2, 0) is 16.1 Å². The van der Waals surface area contributed by atoms with Gasteiger partial charge in [0.1, 0.15) is 11.9 Å². The molecule has 0 bridgehead atoms. The number of hydrogen-bond donors (Lipinski definition) is 1. The Kier molecular flexibility index (Phi) is 4.37. The molecular formula is C15H19FN2O2. The summed E-state index contributed by atoms with van der Waals surface area (Å²) in [5.74, 6) is -0.191. The molecule has 1 aliphatic heterocycles. The maximum absolute atomic E-state index is 12.9. The van der Waals surface area contributed by atoms with Crippen LogP contribution in [0.1, 0.15) is 25.8 Å². The van der Waals surface area contributed by atoms with E-state index in [0.717, 1.165) is 5.56 Å². The maximum atomic E-state index is 12.9. The lowest BCUT2D eigenvalue weighted by atomic mass is 10.0. The van der Waals surface area contributed by atoms with Gasteiger partial charge in [-0.15, -0.1) is 0 Å². The third-order valence-corrected chi connectivity index (χ3v) is 3.27. The number of amides is 2. The summed E-state index contributed by atoms with van der Waals surface area (Å²) in [6.45, 7) is 4.42. The molecule has 1 fully saturated rings. The van der Waals surface area contributed by atoms with Gasteiger partial charge in [-0.25, -0.2) is 4.39 Å². The van der Waals surface area contributed by atoms with Gasteiger partial charge in [0.15, 0.2) is 0 Å². The molecule has 1 aliphatic rings. The summed E-state index contributed by atoms with van der Waals surface area (Å²) in [4.78, 5) is 25.5. The lowest BCUT2D eigenvalue weighted by molar-refractivity contribution is -0.145. The Morgan fingerprint density at radius 3 is 2.55 bits per heavy atom. The van der Waals surface area contributed by atoms with E-state index < -0.39 is 6.04 Å². The van der Waals surface area contributed by atoms with Gasteiger partial charge in [-0.1, -0.05) is 26.0 Å². The van der Waals surface area contributed by atoms with E-state index >= 15 is 0 Å². The minimum absolute atomic E-state index is 0.0603. The Labute approximate surface area is 118 Å². The van der Waals surface area contributed by atoms with Gasteiger partial charge < -0.3 is 10.2 Å². The lowest BCUT2D eigenvalue weighted by Gasteiger charge is -2.33. The molecule has 2 rings (SSSR count). The Morgan fingerprint density at radius 2 is 1.95 bits per heavy atom. The Balaban J connectivity index is 2.07. The van der Waals surface area contributed by atoms with Crippen molar-refractivity contribution in [3.8, 4) is 0 Å². The first-order valence-electron chi connectivity index (χ1n) is 6.78. The predicted octanol–water partition coefficient (Wildman–Crippen LogP) is 1.70. The van der Waals surface area contributed by atoms with Crippen LogP contribution in [0.4, 0.5) is 4.39 Å². The Bertz CT molecular complexity index is 499. The maximum Gasteiger partial charge on any atom is 0.245 e. The van der Waals surface area contributed by atoms with Crippen LogP contribution in [0.15, 0.2) is 24.3 Å². The van der Waals surface area contributed by atoms with E-state index in [-0.39, 0.29) is 24.2 Å². The van der Waals surface area contributed by atoms with Crippen molar-refractivity contribution in [1.29, 1.82) is 0 Å². The monoisotopic (exact) mass is 278 g/mol. The van der Waals surface area contributed by atoms with Crippen molar-refractivity contribution in [3.63, 3.8) is 0 Å². The zero-order valence-corrected chi connectivity index (χ0v) is 11.7. The van der Waals surface area contributed by atoms with Gasteiger partial charge in [-0.2, -0.15) is 0 Å². The van der Waals surface area contributed by atoms with Crippen LogP contribution >= 0.6 is 0 Å². The van der Waals surface area contributed by atoms with E-state index in [0.29, 0.717) is 18.9 Å².